The highest BCUT2D eigenvalue weighted by Crippen LogP contribution is 2.21. The van der Waals surface area contributed by atoms with Gasteiger partial charge in [-0.1, -0.05) is 23.0 Å². The lowest BCUT2D eigenvalue weighted by molar-refractivity contribution is 0.391. The number of rotatable bonds is 5. The topological polar surface area (TPSA) is 109 Å². The quantitative estimate of drug-likeness (QED) is 0.696. The van der Waals surface area contributed by atoms with Gasteiger partial charge in [0.2, 0.25) is 11.7 Å². The fourth-order valence-corrected chi connectivity index (χ4v) is 2.45. The van der Waals surface area contributed by atoms with Gasteiger partial charge in [-0.25, -0.2) is 0 Å². The lowest BCUT2D eigenvalue weighted by Crippen LogP contribution is -2.05. The van der Waals surface area contributed by atoms with Crippen molar-refractivity contribution in [1.82, 2.24) is 29.9 Å². The molecule has 8 nitrogen and oxygen atoms in total. The van der Waals surface area contributed by atoms with E-state index in [1.165, 1.54) is 11.8 Å². The maximum atomic E-state index is 5.56. The third-order valence-electron chi connectivity index (χ3n) is 2.79. The molecule has 0 aliphatic carbocycles. The zero-order chi connectivity index (χ0) is 14.7. The number of hydrogen-bond donors (Lipinski definition) is 1. The third-order valence-corrected chi connectivity index (χ3v) is 3.80. The first-order chi connectivity index (χ1) is 10.3. The summed E-state index contributed by atoms with van der Waals surface area (Å²) >= 11 is 1.46. The van der Waals surface area contributed by atoms with Gasteiger partial charge in [0.1, 0.15) is 11.5 Å². The highest BCUT2D eigenvalue weighted by Gasteiger charge is 2.12. The third kappa shape index (κ3) is 2.93. The van der Waals surface area contributed by atoms with Crippen molar-refractivity contribution in [3.63, 3.8) is 0 Å². The van der Waals surface area contributed by atoms with Crippen LogP contribution < -0.4 is 5.73 Å². The normalized spacial score (nSPS) is 11.0. The summed E-state index contributed by atoms with van der Waals surface area (Å²) in [6.45, 7) is 0.356. The molecule has 0 aliphatic heterocycles. The van der Waals surface area contributed by atoms with Crippen LogP contribution in [0.3, 0.4) is 0 Å². The van der Waals surface area contributed by atoms with Crippen molar-refractivity contribution >= 4 is 11.8 Å². The molecule has 0 spiro atoms. The molecule has 3 rings (SSSR count). The molecule has 0 saturated heterocycles. The summed E-state index contributed by atoms with van der Waals surface area (Å²) in [6.07, 6.45) is 1.69. The molecule has 21 heavy (non-hydrogen) atoms. The number of nitrogens with zero attached hydrogens (tertiary/aromatic N) is 6. The van der Waals surface area contributed by atoms with Crippen LogP contribution in [0.2, 0.25) is 0 Å². The molecule has 0 bridgehead atoms. The maximum Gasteiger partial charge on any atom is 0.237 e. The molecule has 0 saturated carbocycles. The van der Waals surface area contributed by atoms with E-state index in [0.717, 1.165) is 11.0 Å². The molecule has 3 aromatic rings. The Morgan fingerprint density at radius 2 is 2.24 bits per heavy atom. The van der Waals surface area contributed by atoms with Crippen molar-refractivity contribution < 1.29 is 4.52 Å². The molecular weight excluding hydrogens is 290 g/mol. The van der Waals surface area contributed by atoms with Crippen LogP contribution >= 0.6 is 11.8 Å². The van der Waals surface area contributed by atoms with E-state index in [1.807, 2.05) is 29.8 Å². The molecule has 0 radical (unpaired) electrons. The minimum Gasteiger partial charge on any atom is -0.338 e. The molecule has 3 aromatic heterocycles. The van der Waals surface area contributed by atoms with Gasteiger partial charge in [-0.2, -0.15) is 4.98 Å². The van der Waals surface area contributed by atoms with Crippen molar-refractivity contribution in [2.24, 2.45) is 12.8 Å². The second-order valence-electron chi connectivity index (χ2n) is 4.18. The molecular formula is C12H13N7OS. The first-order valence-corrected chi connectivity index (χ1v) is 7.21. The summed E-state index contributed by atoms with van der Waals surface area (Å²) < 4.78 is 7.06. The summed E-state index contributed by atoms with van der Waals surface area (Å²) in [4.78, 5) is 8.49. The van der Waals surface area contributed by atoms with Gasteiger partial charge in [-0.15, -0.1) is 10.2 Å². The molecule has 108 valence electrons. The highest BCUT2D eigenvalue weighted by molar-refractivity contribution is 7.98. The van der Waals surface area contributed by atoms with Crippen molar-refractivity contribution in [3.8, 4) is 11.5 Å². The zero-order valence-electron chi connectivity index (χ0n) is 11.3. The van der Waals surface area contributed by atoms with Crippen molar-refractivity contribution in [2.75, 3.05) is 0 Å². The van der Waals surface area contributed by atoms with E-state index >= 15 is 0 Å². The molecule has 0 aliphatic rings. The summed E-state index contributed by atoms with van der Waals surface area (Å²) in [7, 11) is 1.87. The Hall–Kier alpha value is -2.26. The number of thioether (sulfide) groups is 1. The minimum absolute atomic E-state index is 0.356. The Kier molecular flexibility index (Phi) is 3.93. The molecule has 9 heteroatoms. The van der Waals surface area contributed by atoms with Gasteiger partial charge >= 0.3 is 0 Å². The number of pyridine rings is 1. The van der Waals surface area contributed by atoms with Gasteiger partial charge in [0.15, 0.2) is 5.16 Å². The van der Waals surface area contributed by atoms with E-state index in [0.29, 0.717) is 29.7 Å². The Labute approximate surface area is 124 Å². The fraction of sp³-hybridized carbons (Fsp3) is 0.250. The molecule has 2 N–H and O–H groups in total. The first-order valence-electron chi connectivity index (χ1n) is 6.23. The van der Waals surface area contributed by atoms with E-state index in [2.05, 4.69) is 25.3 Å². The molecule has 0 aromatic carbocycles. The van der Waals surface area contributed by atoms with Crippen LogP contribution in [-0.2, 0) is 19.3 Å². The van der Waals surface area contributed by atoms with Crippen molar-refractivity contribution in [2.45, 2.75) is 17.5 Å². The van der Waals surface area contributed by atoms with E-state index in [1.54, 1.807) is 6.20 Å². The highest BCUT2D eigenvalue weighted by atomic mass is 32.2. The summed E-state index contributed by atoms with van der Waals surface area (Å²) in [5, 5.41) is 12.7. The van der Waals surface area contributed by atoms with Crippen molar-refractivity contribution in [1.29, 1.82) is 0 Å². The predicted octanol–water partition coefficient (Wildman–Crippen LogP) is 1.01. The standard InChI is InChI=1S/C12H13N7OS/c1-19-9(6-13)16-17-12(19)21-7-10-15-11(18-20-10)8-4-2-3-5-14-8/h2-5H,6-7,13H2,1H3. The van der Waals surface area contributed by atoms with E-state index in [-0.39, 0.29) is 0 Å². The zero-order valence-corrected chi connectivity index (χ0v) is 12.1. The van der Waals surface area contributed by atoms with Gasteiger partial charge in [-0.05, 0) is 12.1 Å². The molecule has 0 fully saturated rings. The average Bonchev–Trinajstić information content (AvgIpc) is 3.13. The maximum absolute atomic E-state index is 5.56. The predicted molar refractivity (Wildman–Crippen MR) is 76.0 cm³/mol. The second kappa shape index (κ2) is 6.02. The summed E-state index contributed by atoms with van der Waals surface area (Å²) in [6, 6.07) is 5.54. The summed E-state index contributed by atoms with van der Waals surface area (Å²) in [5.74, 6) is 2.23. The first kappa shape index (κ1) is 13.7. The molecule has 0 atom stereocenters. The molecule has 0 amide bonds. The SMILES string of the molecule is Cn1c(CN)nnc1SCc1nc(-c2ccccn2)no1. The van der Waals surface area contributed by atoms with Crippen LogP contribution in [0.5, 0.6) is 0 Å². The van der Waals surface area contributed by atoms with Crippen LogP contribution in [0.15, 0.2) is 34.1 Å². The number of hydrogen-bond acceptors (Lipinski definition) is 8. The molecule has 3 heterocycles. The van der Waals surface area contributed by atoms with Crippen LogP contribution in [0.1, 0.15) is 11.7 Å². The van der Waals surface area contributed by atoms with Crippen LogP contribution in [-0.4, -0.2) is 29.9 Å². The monoisotopic (exact) mass is 303 g/mol. The van der Waals surface area contributed by atoms with E-state index in [9.17, 15) is 0 Å². The van der Waals surface area contributed by atoms with Gasteiger partial charge in [0.05, 0.1) is 12.3 Å². The smallest absolute Gasteiger partial charge is 0.237 e. The van der Waals surface area contributed by atoms with Gasteiger partial charge in [0.25, 0.3) is 0 Å². The Bertz CT molecular complexity index is 724. The Morgan fingerprint density at radius 1 is 1.33 bits per heavy atom. The lowest BCUT2D eigenvalue weighted by Gasteiger charge is -1.99. The van der Waals surface area contributed by atoms with Gasteiger partial charge in [-0.3, -0.25) is 4.98 Å². The van der Waals surface area contributed by atoms with E-state index in [4.69, 9.17) is 10.3 Å². The van der Waals surface area contributed by atoms with Crippen LogP contribution in [0, 0.1) is 0 Å². The van der Waals surface area contributed by atoms with Gasteiger partial charge in [0, 0.05) is 13.2 Å². The largest absolute Gasteiger partial charge is 0.338 e. The molecule has 0 unspecified atom stereocenters. The lowest BCUT2D eigenvalue weighted by atomic mass is 10.3. The van der Waals surface area contributed by atoms with Crippen LogP contribution in [0.4, 0.5) is 0 Å². The minimum atomic E-state index is 0.356. The Balaban J connectivity index is 1.69. The fourth-order valence-electron chi connectivity index (χ4n) is 1.69. The van der Waals surface area contributed by atoms with Crippen LogP contribution in [0.25, 0.3) is 11.5 Å². The number of aromatic nitrogens is 6. The second-order valence-corrected chi connectivity index (χ2v) is 5.12. The van der Waals surface area contributed by atoms with Crippen molar-refractivity contribution in [3.05, 3.63) is 36.1 Å². The van der Waals surface area contributed by atoms with E-state index < -0.39 is 0 Å². The number of nitrogens with two attached hydrogens (primary N) is 1. The average molecular weight is 303 g/mol. The summed E-state index contributed by atoms with van der Waals surface area (Å²) in [5.41, 5.74) is 6.24. The Morgan fingerprint density at radius 3 is 2.95 bits per heavy atom. The van der Waals surface area contributed by atoms with Gasteiger partial charge < -0.3 is 14.8 Å².